The number of hydrogen-bond donors (Lipinski definition) is 0. The standard InChI is InChI=1S/C15H13ClOS/c1-10-3-5-14(7-11(10)2)18-15-6-4-13(16)8-12(15)9-17/h3-9H,1-2H3. The van der Waals surface area contributed by atoms with Gasteiger partial charge >= 0.3 is 0 Å². The van der Waals surface area contributed by atoms with E-state index in [1.165, 1.54) is 11.1 Å². The van der Waals surface area contributed by atoms with Crippen molar-refractivity contribution < 1.29 is 4.79 Å². The molecule has 0 bridgehead atoms. The van der Waals surface area contributed by atoms with E-state index in [0.717, 1.165) is 16.1 Å². The Morgan fingerprint density at radius 1 is 1.06 bits per heavy atom. The summed E-state index contributed by atoms with van der Waals surface area (Å²) in [4.78, 5) is 13.1. The van der Waals surface area contributed by atoms with E-state index in [9.17, 15) is 4.79 Å². The Balaban J connectivity index is 2.33. The molecule has 2 rings (SSSR count). The molecule has 18 heavy (non-hydrogen) atoms. The maximum atomic E-state index is 11.0. The minimum Gasteiger partial charge on any atom is -0.298 e. The van der Waals surface area contributed by atoms with Crippen LogP contribution in [-0.2, 0) is 0 Å². The highest BCUT2D eigenvalue weighted by molar-refractivity contribution is 7.99. The molecule has 1 nitrogen and oxygen atoms in total. The summed E-state index contributed by atoms with van der Waals surface area (Å²) >= 11 is 7.46. The van der Waals surface area contributed by atoms with Gasteiger partial charge in [0, 0.05) is 20.4 Å². The second kappa shape index (κ2) is 5.59. The van der Waals surface area contributed by atoms with E-state index < -0.39 is 0 Å². The fourth-order valence-electron chi connectivity index (χ4n) is 1.61. The smallest absolute Gasteiger partial charge is 0.151 e. The Hall–Kier alpha value is -1.25. The van der Waals surface area contributed by atoms with Crippen LogP contribution in [-0.4, -0.2) is 6.29 Å². The molecule has 0 saturated heterocycles. The molecule has 0 spiro atoms. The Morgan fingerprint density at radius 2 is 1.83 bits per heavy atom. The van der Waals surface area contributed by atoms with Gasteiger partial charge in [-0.25, -0.2) is 0 Å². The highest BCUT2D eigenvalue weighted by Crippen LogP contribution is 2.32. The Bertz CT molecular complexity index is 593. The van der Waals surface area contributed by atoms with Crippen molar-refractivity contribution in [1.82, 2.24) is 0 Å². The summed E-state index contributed by atoms with van der Waals surface area (Å²) in [7, 11) is 0. The van der Waals surface area contributed by atoms with Gasteiger partial charge < -0.3 is 0 Å². The van der Waals surface area contributed by atoms with Crippen LogP contribution in [0, 0.1) is 13.8 Å². The fourth-order valence-corrected chi connectivity index (χ4v) is 2.78. The van der Waals surface area contributed by atoms with Gasteiger partial charge in [0.1, 0.15) is 0 Å². The van der Waals surface area contributed by atoms with Crippen LogP contribution in [0.5, 0.6) is 0 Å². The molecule has 0 fully saturated rings. The van der Waals surface area contributed by atoms with Crippen LogP contribution in [0.15, 0.2) is 46.2 Å². The highest BCUT2D eigenvalue weighted by Gasteiger charge is 2.05. The van der Waals surface area contributed by atoms with E-state index in [1.54, 1.807) is 23.9 Å². The van der Waals surface area contributed by atoms with Crippen LogP contribution in [0.2, 0.25) is 5.02 Å². The molecule has 92 valence electrons. The summed E-state index contributed by atoms with van der Waals surface area (Å²) < 4.78 is 0. The van der Waals surface area contributed by atoms with E-state index >= 15 is 0 Å². The molecule has 0 atom stereocenters. The summed E-state index contributed by atoms with van der Waals surface area (Å²) in [6.45, 7) is 4.17. The zero-order chi connectivity index (χ0) is 13.1. The zero-order valence-electron chi connectivity index (χ0n) is 10.2. The third-order valence-electron chi connectivity index (χ3n) is 2.80. The van der Waals surface area contributed by atoms with E-state index in [2.05, 4.69) is 32.0 Å². The predicted molar refractivity (Wildman–Crippen MR) is 76.9 cm³/mol. The normalized spacial score (nSPS) is 10.4. The maximum absolute atomic E-state index is 11.0. The molecule has 0 N–H and O–H groups in total. The quantitative estimate of drug-likeness (QED) is 0.740. The van der Waals surface area contributed by atoms with Crippen LogP contribution in [0.3, 0.4) is 0 Å². The Kier molecular flexibility index (Phi) is 4.10. The topological polar surface area (TPSA) is 17.1 Å². The maximum Gasteiger partial charge on any atom is 0.151 e. The van der Waals surface area contributed by atoms with E-state index in [1.807, 2.05) is 6.07 Å². The number of aldehydes is 1. The molecule has 2 aromatic carbocycles. The van der Waals surface area contributed by atoms with E-state index in [4.69, 9.17) is 11.6 Å². The van der Waals surface area contributed by atoms with Gasteiger partial charge in [-0.2, -0.15) is 0 Å². The minimum atomic E-state index is 0.585. The second-order valence-corrected chi connectivity index (χ2v) is 5.70. The molecular weight excluding hydrogens is 264 g/mol. The van der Waals surface area contributed by atoms with Gasteiger partial charge in [0.25, 0.3) is 0 Å². The monoisotopic (exact) mass is 276 g/mol. The zero-order valence-corrected chi connectivity index (χ0v) is 11.8. The van der Waals surface area contributed by atoms with Crippen molar-refractivity contribution in [2.24, 2.45) is 0 Å². The second-order valence-electron chi connectivity index (χ2n) is 4.15. The van der Waals surface area contributed by atoms with Crippen molar-refractivity contribution in [3.05, 3.63) is 58.1 Å². The van der Waals surface area contributed by atoms with Gasteiger partial charge in [0.05, 0.1) is 0 Å². The molecule has 0 unspecified atom stereocenters. The lowest BCUT2D eigenvalue weighted by molar-refractivity contribution is 0.112. The van der Waals surface area contributed by atoms with Crippen molar-refractivity contribution >= 4 is 29.6 Å². The fraction of sp³-hybridized carbons (Fsp3) is 0.133. The molecule has 0 aromatic heterocycles. The Labute approximate surface area is 116 Å². The first-order chi connectivity index (χ1) is 8.60. The number of hydrogen-bond acceptors (Lipinski definition) is 2. The van der Waals surface area contributed by atoms with E-state index in [0.29, 0.717) is 10.6 Å². The molecule has 0 radical (unpaired) electrons. The van der Waals surface area contributed by atoms with Crippen LogP contribution in [0.1, 0.15) is 21.5 Å². The van der Waals surface area contributed by atoms with Crippen LogP contribution in [0.25, 0.3) is 0 Å². The molecule has 3 heteroatoms. The summed E-state index contributed by atoms with van der Waals surface area (Å²) in [6, 6.07) is 11.7. The molecule has 0 heterocycles. The SMILES string of the molecule is Cc1ccc(Sc2ccc(Cl)cc2C=O)cc1C. The lowest BCUT2D eigenvalue weighted by atomic mass is 10.1. The lowest BCUT2D eigenvalue weighted by Crippen LogP contribution is -1.86. The largest absolute Gasteiger partial charge is 0.298 e. The average Bonchev–Trinajstić information content (AvgIpc) is 2.36. The number of halogens is 1. The molecule has 0 aliphatic carbocycles. The number of benzene rings is 2. The van der Waals surface area contributed by atoms with Crippen LogP contribution in [0.4, 0.5) is 0 Å². The third-order valence-corrected chi connectivity index (χ3v) is 4.12. The van der Waals surface area contributed by atoms with Gasteiger partial charge in [0.2, 0.25) is 0 Å². The van der Waals surface area contributed by atoms with E-state index in [-0.39, 0.29) is 0 Å². The summed E-state index contributed by atoms with van der Waals surface area (Å²) in [5.41, 5.74) is 3.15. The highest BCUT2D eigenvalue weighted by atomic mass is 35.5. The number of rotatable bonds is 3. The van der Waals surface area contributed by atoms with Gasteiger partial charge in [-0.1, -0.05) is 29.4 Å². The Morgan fingerprint density at radius 3 is 2.50 bits per heavy atom. The van der Waals surface area contributed by atoms with Crippen molar-refractivity contribution in [2.45, 2.75) is 23.6 Å². The molecule has 0 amide bonds. The molecular formula is C15H13ClOS. The summed E-state index contributed by atoms with van der Waals surface area (Å²) in [5, 5.41) is 0.585. The number of carbonyl (C=O) groups is 1. The van der Waals surface area contributed by atoms with Gasteiger partial charge in [-0.3, -0.25) is 4.79 Å². The molecule has 0 aliphatic rings. The van der Waals surface area contributed by atoms with Crippen molar-refractivity contribution in [3.63, 3.8) is 0 Å². The minimum absolute atomic E-state index is 0.585. The molecule has 0 aliphatic heterocycles. The van der Waals surface area contributed by atoms with Crippen LogP contribution < -0.4 is 0 Å². The molecule has 2 aromatic rings. The van der Waals surface area contributed by atoms with Crippen LogP contribution >= 0.6 is 23.4 Å². The first-order valence-corrected chi connectivity index (χ1v) is 6.79. The number of aryl methyl sites for hydroxylation is 2. The summed E-state index contributed by atoms with van der Waals surface area (Å²) in [5.74, 6) is 0. The number of carbonyl (C=O) groups excluding carboxylic acids is 1. The van der Waals surface area contributed by atoms with Gasteiger partial charge in [0.15, 0.2) is 6.29 Å². The lowest BCUT2D eigenvalue weighted by Gasteiger charge is -2.07. The average molecular weight is 277 g/mol. The first-order valence-electron chi connectivity index (χ1n) is 5.60. The van der Waals surface area contributed by atoms with Gasteiger partial charge in [-0.15, -0.1) is 0 Å². The van der Waals surface area contributed by atoms with Crippen molar-refractivity contribution in [1.29, 1.82) is 0 Å². The van der Waals surface area contributed by atoms with Gasteiger partial charge in [-0.05, 0) is 55.3 Å². The van der Waals surface area contributed by atoms with Crippen molar-refractivity contribution in [3.8, 4) is 0 Å². The first kappa shape index (κ1) is 13.2. The predicted octanol–water partition coefficient (Wildman–Crippen LogP) is 4.92. The third kappa shape index (κ3) is 2.95. The summed E-state index contributed by atoms with van der Waals surface area (Å²) in [6.07, 6.45) is 0.843. The molecule has 0 saturated carbocycles. The van der Waals surface area contributed by atoms with Crippen molar-refractivity contribution in [2.75, 3.05) is 0 Å².